The van der Waals surface area contributed by atoms with E-state index in [0.717, 1.165) is 11.3 Å². The van der Waals surface area contributed by atoms with Crippen LogP contribution in [-0.2, 0) is 10.8 Å². The summed E-state index contributed by atoms with van der Waals surface area (Å²) in [6, 6.07) is 7.84. The molecule has 16 heavy (non-hydrogen) atoms. The van der Waals surface area contributed by atoms with Crippen LogP contribution in [0.1, 0.15) is 18.1 Å². The van der Waals surface area contributed by atoms with Gasteiger partial charge in [0.05, 0.1) is 11.3 Å². The zero-order valence-electron chi connectivity index (χ0n) is 9.78. The molecular weight excluding hydrogens is 220 g/mol. The summed E-state index contributed by atoms with van der Waals surface area (Å²) < 4.78 is 11.2. The van der Waals surface area contributed by atoms with Crippen molar-refractivity contribution < 1.29 is 4.21 Å². The number of hydrogen-bond donors (Lipinski definition) is 1. The van der Waals surface area contributed by atoms with Gasteiger partial charge in [-0.15, -0.1) is 0 Å². The van der Waals surface area contributed by atoms with E-state index in [1.54, 1.807) is 6.26 Å². The standard InChI is InChI=1S/C12H16N2OS/c1-9-4-5-12(11(6-9)7-13)14-8-10(2)16(3)15/h4-6,10,14H,8H2,1-3H3. The van der Waals surface area contributed by atoms with Crippen LogP contribution in [0.2, 0.25) is 0 Å². The van der Waals surface area contributed by atoms with E-state index in [-0.39, 0.29) is 5.25 Å². The monoisotopic (exact) mass is 236 g/mol. The molecule has 0 saturated carbocycles. The molecule has 0 saturated heterocycles. The number of nitriles is 1. The Hall–Kier alpha value is -1.34. The van der Waals surface area contributed by atoms with Gasteiger partial charge in [0.1, 0.15) is 6.07 Å². The van der Waals surface area contributed by atoms with Gasteiger partial charge in [0.25, 0.3) is 0 Å². The highest BCUT2D eigenvalue weighted by atomic mass is 32.2. The number of hydrogen-bond acceptors (Lipinski definition) is 3. The molecule has 0 bridgehead atoms. The maximum atomic E-state index is 11.2. The Balaban J connectivity index is 2.75. The Morgan fingerprint density at radius 3 is 2.81 bits per heavy atom. The minimum absolute atomic E-state index is 0.0767. The number of nitrogens with zero attached hydrogens (tertiary/aromatic N) is 1. The smallest absolute Gasteiger partial charge is 0.101 e. The summed E-state index contributed by atoms with van der Waals surface area (Å²) in [5.41, 5.74) is 2.51. The average Bonchev–Trinajstić information content (AvgIpc) is 2.26. The van der Waals surface area contributed by atoms with Gasteiger partial charge in [-0.25, -0.2) is 0 Å². The highest BCUT2D eigenvalue weighted by Gasteiger charge is 2.07. The minimum atomic E-state index is -0.842. The molecule has 0 heterocycles. The van der Waals surface area contributed by atoms with Crippen molar-refractivity contribution in [3.8, 4) is 6.07 Å². The van der Waals surface area contributed by atoms with Crippen molar-refractivity contribution in [1.29, 1.82) is 5.26 Å². The van der Waals surface area contributed by atoms with E-state index in [2.05, 4.69) is 11.4 Å². The molecule has 0 aromatic heterocycles. The van der Waals surface area contributed by atoms with Gasteiger partial charge in [0.15, 0.2) is 0 Å². The van der Waals surface area contributed by atoms with Crippen LogP contribution in [0.4, 0.5) is 5.69 Å². The third kappa shape index (κ3) is 3.35. The summed E-state index contributed by atoms with van der Waals surface area (Å²) in [7, 11) is -0.842. The van der Waals surface area contributed by atoms with Crippen molar-refractivity contribution >= 4 is 16.5 Å². The summed E-state index contributed by atoms with van der Waals surface area (Å²) in [5.74, 6) is 0. The molecule has 0 fully saturated rings. The van der Waals surface area contributed by atoms with Crippen LogP contribution in [0.3, 0.4) is 0 Å². The highest BCUT2D eigenvalue weighted by Crippen LogP contribution is 2.16. The van der Waals surface area contributed by atoms with Crippen molar-refractivity contribution in [3.05, 3.63) is 29.3 Å². The molecule has 86 valence electrons. The summed E-state index contributed by atoms with van der Waals surface area (Å²) in [6.45, 7) is 4.48. The quantitative estimate of drug-likeness (QED) is 0.870. The van der Waals surface area contributed by atoms with Gasteiger partial charge in [-0.2, -0.15) is 5.26 Å². The predicted octanol–water partition coefficient (Wildman–Crippen LogP) is 2.05. The molecule has 1 aromatic carbocycles. The molecule has 4 heteroatoms. The molecule has 0 aliphatic rings. The lowest BCUT2D eigenvalue weighted by Gasteiger charge is -2.12. The first kappa shape index (κ1) is 12.7. The summed E-state index contributed by atoms with van der Waals surface area (Å²) >= 11 is 0. The fourth-order valence-corrected chi connectivity index (χ4v) is 1.59. The molecule has 3 nitrogen and oxygen atoms in total. The van der Waals surface area contributed by atoms with Gasteiger partial charge in [-0.3, -0.25) is 4.21 Å². The first-order valence-electron chi connectivity index (χ1n) is 5.11. The van der Waals surface area contributed by atoms with Crippen LogP contribution in [0.5, 0.6) is 0 Å². The average molecular weight is 236 g/mol. The van der Waals surface area contributed by atoms with E-state index < -0.39 is 10.8 Å². The Morgan fingerprint density at radius 2 is 2.25 bits per heavy atom. The van der Waals surface area contributed by atoms with Crippen molar-refractivity contribution in [2.24, 2.45) is 0 Å². The molecule has 0 amide bonds. The van der Waals surface area contributed by atoms with Crippen molar-refractivity contribution in [2.45, 2.75) is 19.1 Å². The Labute approximate surface area is 98.9 Å². The van der Waals surface area contributed by atoms with Gasteiger partial charge in [0, 0.05) is 28.9 Å². The highest BCUT2D eigenvalue weighted by molar-refractivity contribution is 7.84. The number of aryl methyl sites for hydroxylation is 1. The van der Waals surface area contributed by atoms with Crippen LogP contribution in [0, 0.1) is 18.3 Å². The molecule has 2 unspecified atom stereocenters. The molecule has 1 aromatic rings. The lowest BCUT2D eigenvalue weighted by molar-refractivity contribution is 0.679. The Bertz CT molecular complexity index is 437. The molecule has 2 atom stereocenters. The van der Waals surface area contributed by atoms with Crippen LogP contribution in [0.15, 0.2) is 18.2 Å². The lowest BCUT2D eigenvalue weighted by atomic mass is 10.1. The predicted molar refractivity (Wildman–Crippen MR) is 67.9 cm³/mol. The van der Waals surface area contributed by atoms with Crippen LogP contribution in [-0.4, -0.2) is 22.3 Å². The second-order valence-corrected chi connectivity index (χ2v) is 5.65. The van der Waals surface area contributed by atoms with E-state index in [9.17, 15) is 4.21 Å². The third-order valence-corrected chi connectivity index (χ3v) is 3.74. The number of rotatable bonds is 4. The van der Waals surface area contributed by atoms with E-state index in [4.69, 9.17) is 5.26 Å². The second kappa shape index (κ2) is 5.66. The second-order valence-electron chi connectivity index (χ2n) is 3.85. The zero-order valence-corrected chi connectivity index (χ0v) is 10.6. The topological polar surface area (TPSA) is 52.9 Å². The Kier molecular flexibility index (Phi) is 4.51. The van der Waals surface area contributed by atoms with Gasteiger partial charge in [-0.1, -0.05) is 6.07 Å². The molecule has 0 spiro atoms. The maximum Gasteiger partial charge on any atom is 0.101 e. The summed E-state index contributed by atoms with van der Waals surface area (Å²) in [5, 5.41) is 12.2. The van der Waals surface area contributed by atoms with Crippen molar-refractivity contribution in [2.75, 3.05) is 18.1 Å². The summed E-state index contributed by atoms with van der Waals surface area (Å²) in [4.78, 5) is 0. The van der Waals surface area contributed by atoms with Crippen LogP contribution in [0.25, 0.3) is 0 Å². The molecule has 1 rings (SSSR count). The van der Waals surface area contributed by atoms with Crippen molar-refractivity contribution in [3.63, 3.8) is 0 Å². The first-order chi connectivity index (χ1) is 7.54. The fraction of sp³-hybridized carbons (Fsp3) is 0.417. The molecular formula is C12H16N2OS. The first-order valence-corrected chi connectivity index (χ1v) is 6.73. The number of anilines is 1. The van der Waals surface area contributed by atoms with Crippen LogP contribution < -0.4 is 5.32 Å². The number of nitrogens with one attached hydrogen (secondary N) is 1. The van der Waals surface area contributed by atoms with Gasteiger partial charge >= 0.3 is 0 Å². The maximum absolute atomic E-state index is 11.2. The fourth-order valence-electron chi connectivity index (χ4n) is 1.28. The van der Waals surface area contributed by atoms with Crippen LogP contribution >= 0.6 is 0 Å². The van der Waals surface area contributed by atoms with E-state index >= 15 is 0 Å². The number of benzene rings is 1. The molecule has 1 N–H and O–H groups in total. The van der Waals surface area contributed by atoms with E-state index in [0.29, 0.717) is 12.1 Å². The normalized spacial score (nSPS) is 13.9. The minimum Gasteiger partial charge on any atom is -0.383 e. The van der Waals surface area contributed by atoms with Gasteiger partial charge in [0.2, 0.25) is 0 Å². The summed E-state index contributed by atoms with van der Waals surface area (Å²) in [6.07, 6.45) is 1.69. The largest absolute Gasteiger partial charge is 0.383 e. The molecule has 0 aliphatic heterocycles. The van der Waals surface area contributed by atoms with Crippen molar-refractivity contribution in [1.82, 2.24) is 0 Å². The Morgan fingerprint density at radius 1 is 1.56 bits per heavy atom. The lowest BCUT2D eigenvalue weighted by Crippen LogP contribution is -2.21. The SMILES string of the molecule is Cc1ccc(NCC(C)S(C)=O)c(C#N)c1. The van der Waals surface area contributed by atoms with Gasteiger partial charge < -0.3 is 5.32 Å². The zero-order chi connectivity index (χ0) is 12.1. The van der Waals surface area contributed by atoms with E-state index in [1.807, 2.05) is 32.0 Å². The third-order valence-electron chi connectivity index (χ3n) is 2.44. The molecule has 0 radical (unpaired) electrons. The van der Waals surface area contributed by atoms with Gasteiger partial charge in [-0.05, 0) is 31.5 Å². The molecule has 0 aliphatic carbocycles. The van der Waals surface area contributed by atoms with E-state index in [1.165, 1.54) is 0 Å².